The number of aromatic nitrogens is 1. The van der Waals surface area contributed by atoms with E-state index >= 15 is 0 Å². The van der Waals surface area contributed by atoms with Gasteiger partial charge in [0.05, 0.1) is 19.3 Å². The number of benzene rings is 2. The Bertz CT molecular complexity index is 1410. The number of carbonyl (C=O) groups excluding carboxylic acids is 2. The Morgan fingerprint density at radius 3 is 2.26 bits per heavy atom. The zero-order valence-corrected chi connectivity index (χ0v) is 28.2. The molecule has 9 nitrogen and oxygen atoms in total. The van der Waals surface area contributed by atoms with Gasteiger partial charge in [-0.3, -0.25) is 5.32 Å². The molecule has 1 saturated heterocycles. The highest BCUT2D eigenvalue weighted by Crippen LogP contribution is 2.27. The number of nitrogens with one attached hydrogen (secondary N) is 2. The van der Waals surface area contributed by atoms with Gasteiger partial charge in [-0.25, -0.2) is 14.6 Å². The fourth-order valence-corrected chi connectivity index (χ4v) is 5.51. The summed E-state index contributed by atoms with van der Waals surface area (Å²) in [6.07, 6.45) is 1.01. The third kappa shape index (κ3) is 11.8. The van der Waals surface area contributed by atoms with Crippen molar-refractivity contribution in [2.45, 2.75) is 84.7 Å². The molecule has 1 aliphatic rings. The molecule has 46 heavy (non-hydrogen) atoms. The maximum Gasteiger partial charge on any atom is 0.413 e. The van der Waals surface area contributed by atoms with E-state index < -0.39 is 17.3 Å². The van der Waals surface area contributed by atoms with Crippen LogP contribution >= 0.6 is 0 Å². The smallest absolute Gasteiger partial charge is 0.413 e. The third-order valence-electron chi connectivity index (χ3n) is 7.77. The lowest BCUT2D eigenvalue weighted by atomic mass is 9.98. The Hall–Kier alpha value is -3.95. The molecule has 4 rings (SSSR count). The lowest BCUT2D eigenvalue weighted by Crippen LogP contribution is -2.36. The van der Waals surface area contributed by atoms with Crippen molar-refractivity contribution in [1.29, 1.82) is 0 Å². The highest BCUT2D eigenvalue weighted by Gasteiger charge is 2.38. The lowest BCUT2D eigenvalue weighted by molar-refractivity contribution is 0.0186. The summed E-state index contributed by atoms with van der Waals surface area (Å²) in [6.45, 7) is 14.3. The second kappa shape index (κ2) is 16.1. The molecule has 3 aromatic rings. The highest BCUT2D eigenvalue weighted by atomic mass is 16.6. The van der Waals surface area contributed by atoms with Gasteiger partial charge >= 0.3 is 12.2 Å². The van der Waals surface area contributed by atoms with Crippen LogP contribution in [0.1, 0.15) is 63.4 Å². The molecule has 0 spiro atoms. The molecule has 0 radical (unpaired) electrons. The minimum Gasteiger partial charge on any atom is -0.444 e. The van der Waals surface area contributed by atoms with E-state index in [1.165, 1.54) is 11.1 Å². The Balaban J connectivity index is 1.36. The van der Waals surface area contributed by atoms with E-state index in [9.17, 15) is 9.59 Å². The molecule has 2 heterocycles. The first kappa shape index (κ1) is 34.9. The largest absolute Gasteiger partial charge is 0.444 e. The van der Waals surface area contributed by atoms with Crippen LogP contribution in [0.4, 0.5) is 15.4 Å². The van der Waals surface area contributed by atoms with Gasteiger partial charge in [0.1, 0.15) is 17.0 Å². The van der Waals surface area contributed by atoms with E-state index in [4.69, 9.17) is 19.2 Å². The van der Waals surface area contributed by atoms with Crippen molar-refractivity contribution in [3.63, 3.8) is 0 Å². The van der Waals surface area contributed by atoms with E-state index in [1.807, 2.05) is 90.1 Å². The predicted molar refractivity (Wildman–Crippen MR) is 181 cm³/mol. The van der Waals surface area contributed by atoms with E-state index in [2.05, 4.69) is 34.9 Å². The maximum absolute atomic E-state index is 13.0. The summed E-state index contributed by atoms with van der Waals surface area (Å²) in [6, 6.07) is 24.2. The lowest BCUT2D eigenvalue weighted by Gasteiger charge is -2.25. The van der Waals surface area contributed by atoms with Crippen LogP contribution in [0, 0.1) is 12.8 Å². The van der Waals surface area contributed by atoms with E-state index in [-0.39, 0.29) is 18.1 Å². The molecular weight excluding hydrogens is 580 g/mol. The van der Waals surface area contributed by atoms with E-state index in [1.54, 1.807) is 4.90 Å². The Morgan fingerprint density at radius 2 is 1.59 bits per heavy atom. The molecule has 1 fully saturated rings. The number of nitrogens with zero attached hydrogens (tertiary/aromatic N) is 2. The second-order valence-electron chi connectivity index (χ2n) is 13.7. The zero-order valence-electron chi connectivity index (χ0n) is 28.2. The molecule has 2 aromatic carbocycles. The number of hydrogen-bond donors (Lipinski definition) is 2. The number of amides is 2. The van der Waals surface area contributed by atoms with Crippen molar-refractivity contribution in [3.05, 3.63) is 95.2 Å². The van der Waals surface area contributed by atoms with Crippen LogP contribution in [0.15, 0.2) is 72.8 Å². The number of hydrogen-bond acceptors (Lipinski definition) is 7. The molecule has 0 bridgehead atoms. The zero-order chi connectivity index (χ0) is 33.2. The van der Waals surface area contributed by atoms with Gasteiger partial charge in [-0.1, -0.05) is 60.7 Å². The topological polar surface area (TPSA) is 102 Å². The van der Waals surface area contributed by atoms with Crippen molar-refractivity contribution in [3.8, 4) is 0 Å². The van der Waals surface area contributed by atoms with Gasteiger partial charge in [0.2, 0.25) is 0 Å². The standard InChI is InChI=1S/C37H50N4O5/c1-27-21-31(39-33(22-27)40-34(42)45-37(5,6)18-17-28-13-9-7-10-14-28)23-30-25-41(35(43)46-36(2,3)4)26-32(30)44-20-19-38-24-29-15-11-8-12-16-29/h7-16,21-22,30,32,38H,17-20,23-26H2,1-6H3,(H,39,40,42). The number of aryl methyl sites for hydroxylation is 2. The van der Waals surface area contributed by atoms with Crippen LogP contribution in [0.5, 0.6) is 0 Å². The third-order valence-corrected chi connectivity index (χ3v) is 7.77. The molecule has 2 atom stereocenters. The molecule has 2 amide bonds. The van der Waals surface area contributed by atoms with E-state index in [0.29, 0.717) is 44.9 Å². The highest BCUT2D eigenvalue weighted by molar-refractivity contribution is 5.83. The van der Waals surface area contributed by atoms with Gasteiger partial charge in [-0.15, -0.1) is 0 Å². The Morgan fingerprint density at radius 1 is 0.913 bits per heavy atom. The molecular formula is C37H50N4O5. The first-order valence-corrected chi connectivity index (χ1v) is 16.2. The summed E-state index contributed by atoms with van der Waals surface area (Å²) in [5.74, 6) is 0.441. The van der Waals surface area contributed by atoms with Crippen LogP contribution in [0.2, 0.25) is 0 Å². The number of likely N-dealkylation sites (tertiary alicyclic amines) is 1. The van der Waals surface area contributed by atoms with Crippen LogP contribution in [-0.2, 0) is 33.6 Å². The summed E-state index contributed by atoms with van der Waals surface area (Å²) in [5, 5.41) is 6.26. The molecule has 248 valence electrons. The van der Waals surface area contributed by atoms with Crippen LogP contribution in [0.25, 0.3) is 0 Å². The van der Waals surface area contributed by atoms with Gasteiger partial charge in [0.25, 0.3) is 0 Å². The molecule has 2 N–H and O–H groups in total. The van der Waals surface area contributed by atoms with Crippen LogP contribution in [0.3, 0.4) is 0 Å². The normalized spacial score (nSPS) is 16.7. The maximum atomic E-state index is 13.0. The number of rotatable bonds is 13. The van der Waals surface area contributed by atoms with Gasteiger partial charge in [0.15, 0.2) is 0 Å². The summed E-state index contributed by atoms with van der Waals surface area (Å²) in [5.41, 5.74) is 2.95. The van der Waals surface area contributed by atoms with Crippen molar-refractivity contribution in [1.82, 2.24) is 15.2 Å². The Labute approximate surface area is 274 Å². The average Bonchev–Trinajstić information content (AvgIpc) is 3.38. The summed E-state index contributed by atoms with van der Waals surface area (Å²) in [4.78, 5) is 32.3. The quantitative estimate of drug-likeness (QED) is 0.197. The van der Waals surface area contributed by atoms with Crippen molar-refractivity contribution >= 4 is 18.0 Å². The van der Waals surface area contributed by atoms with Crippen molar-refractivity contribution in [2.75, 3.05) is 31.6 Å². The van der Waals surface area contributed by atoms with Gasteiger partial charge in [0, 0.05) is 31.2 Å². The molecule has 1 aliphatic heterocycles. The fourth-order valence-electron chi connectivity index (χ4n) is 5.51. The summed E-state index contributed by atoms with van der Waals surface area (Å²) in [7, 11) is 0. The number of pyridine rings is 1. The van der Waals surface area contributed by atoms with Crippen LogP contribution in [-0.4, -0.2) is 65.6 Å². The first-order valence-electron chi connectivity index (χ1n) is 16.2. The number of carbonyl (C=O) groups is 2. The number of ether oxygens (including phenoxy) is 3. The average molecular weight is 631 g/mol. The second-order valence-corrected chi connectivity index (χ2v) is 13.7. The molecule has 2 unspecified atom stereocenters. The molecule has 1 aromatic heterocycles. The minimum absolute atomic E-state index is 0.00710. The van der Waals surface area contributed by atoms with Gasteiger partial charge < -0.3 is 24.4 Å². The van der Waals surface area contributed by atoms with Gasteiger partial charge in [-0.2, -0.15) is 0 Å². The first-order chi connectivity index (χ1) is 21.8. The van der Waals surface area contributed by atoms with Crippen LogP contribution < -0.4 is 10.6 Å². The number of anilines is 1. The van der Waals surface area contributed by atoms with Crippen molar-refractivity contribution < 1.29 is 23.8 Å². The monoisotopic (exact) mass is 630 g/mol. The van der Waals surface area contributed by atoms with E-state index in [0.717, 1.165) is 24.2 Å². The molecule has 0 aliphatic carbocycles. The minimum atomic E-state index is -0.651. The Kier molecular flexibility index (Phi) is 12.2. The predicted octanol–water partition coefficient (Wildman–Crippen LogP) is 6.93. The fraction of sp³-hybridized carbons (Fsp3) is 0.486. The van der Waals surface area contributed by atoms with Crippen molar-refractivity contribution in [2.24, 2.45) is 5.92 Å². The molecule has 0 saturated carbocycles. The summed E-state index contributed by atoms with van der Waals surface area (Å²) < 4.78 is 17.8. The molecule has 9 heteroatoms. The SMILES string of the molecule is Cc1cc(CC2CN(C(=O)OC(C)(C)C)CC2OCCNCc2ccccc2)nc(NC(=O)OC(C)(C)CCc2ccccc2)c1. The van der Waals surface area contributed by atoms with Gasteiger partial charge in [-0.05, 0) is 89.6 Å². The summed E-state index contributed by atoms with van der Waals surface area (Å²) >= 11 is 0.